The number of hydrogen-bond acceptors (Lipinski definition) is 2. The van der Waals surface area contributed by atoms with Crippen LogP contribution in [-0.2, 0) is 11.2 Å². The van der Waals surface area contributed by atoms with Crippen molar-refractivity contribution in [2.24, 2.45) is 0 Å². The number of carboxylic acids is 1. The molecule has 0 spiro atoms. The second kappa shape index (κ2) is 7.14. The van der Waals surface area contributed by atoms with E-state index in [4.69, 9.17) is 16.3 Å². The number of rotatable bonds is 6. The molecule has 0 aromatic heterocycles. The summed E-state index contributed by atoms with van der Waals surface area (Å²) in [6, 6.07) is 14.7. The van der Waals surface area contributed by atoms with Gasteiger partial charge in [0.25, 0.3) is 0 Å². The number of hydrogen-bond donors (Lipinski definition) is 1. The molecule has 0 fully saturated rings. The van der Waals surface area contributed by atoms with Gasteiger partial charge in [0.05, 0.1) is 13.0 Å². The molecule has 4 heteroatoms. The highest BCUT2D eigenvalue weighted by Gasteiger charge is 2.19. The van der Waals surface area contributed by atoms with E-state index in [1.54, 1.807) is 31.4 Å². The molecule has 0 bridgehead atoms. The molecule has 1 N–H and O–H groups in total. The maximum atomic E-state index is 11.5. The molecule has 0 heterocycles. The zero-order chi connectivity index (χ0) is 15.2. The minimum absolute atomic E-state index is 0.530. The largest absolute Gasteiger partial charge is 0.497 e. The third-order valence-corrected chi connectivity index (χ3v) is 3.66. The first-order valence-electron chi connectivity index (χ1n) is 6.71. The lowest BCUT2D eigenvalue weighted by Crippen LogP contribution is -2.12. The molecule has 0 radical (unpaired) electrons. The van der Waals surface area contributed by atoms with Crippen LogP contribution in [0.3, 0.4) is 0 Å². The number of halogens is 1. The predicted octanol–water partition coefficient (Wildman–Crippen LogP) is 4.15. The molecule has 110 valence electrons. The van der Waals surface area contributed by atoms with Gasteiger partial charge in [-0.05, 0) is 48.2 Å². The molecule has 2 rings (SSSR count). The highest BCUT2D eigenvalue weighted by molar-refractivity contribution is 6.30. The lowest BCUT2D eigenvalue weighted by molar-refractivity contribution is -0.138. The van der Waals surface area contributed by atoms with Crippen molar-refractivity contribution in [2.75, 3.05) is 7.11 Å². The Bertz CT molecular complexity index is 608. The molecule has 0 aliphatic carbocycles. The zero-order valence-electron chi connectivity index (χ0n) is 11.8. The Labute approximate surface area is 129 Å². The van der Waals surface area contributed by atoms with Crippen molar-refractivity contribution in [2.45, 2.75) is 18.8 Å². The van der Waals surface area contributed by atoms with Gasteiger partial charge in [0.1, 0.15) is 5.75 Å². The maximum Gasteiger partial charge on any atom is 0.310 e. The molecule has 0 amide bonds. The highest BCUT2D eigenvalue weighted by atomic mass is 35.5. The van der Waals surface area contributed by atoms with Gasteiger partial charge < -0.3 is 9.84 Å². The molecule has 3 nitrogen and oxygen atoms in total. The molecule has 21 heavy (non-hydrogen) atoms. The molecular weight excluding hydrogens is 288 g/mol. The van der Waals surface area contributed by atoms with E-state index >= 15 is 0 Å². The summed E-state index contributed by atoms with van der Waals surface area (Å²) in [5.74, 6) is -0.583. The van der Waals surface area contributed by atoms with E-state index in [9.17, 15) is 9.90 Å². The fourth-order valence-corrected chi connectivity index (χ4v) is 2.46. The molecule has 1 atom stereocenters. The van der Waals surface area contributed by atoms with Crippen LogP contribution in [0.1, 0.15) is 23.5 Å². The van der Waals surface area contributed by atoms with Crippen molar-refractivity contribution in [1.29, 1.82) is 0 Å². The van der Waals surface area contributed by atoms with Gasteiger partial charge in [-0.3, -0.25) is 4.79 Å². The molecule has 2 aromatic carbocycles. The van der Waals surface area contributed by atoms with E-state index in [1.807, 2.05) is 24.3 Å². The van der Waals surface area contributed by atoms with E-state index in [0.717, 1.165) is 16.9 Å². The number of benzene rings is 2. The summed E-state index contributed by atoms with van der Waals surface area (Å²) >= 11 is 5.94. The van der Waals surface area contributed by atoms with Crippen molar-refractivity contribution < 1.29 is 14.6 Å². The fourth-order valence-electron chi connectivity index (χ4n) is 2.26. The van der Waals surface area contributed by atoms with Crippen LogP contribution >= 0.6 is 11.6 Å². The third-order valence-electron chi connectivity index (χ3n) is 3.43. The number of methoxy groups -OCH3 is 1. The van der Waals surface area contributed by atoms with Crippen LogP contribution in [0.2, 0.25) is 5.02 Å². The van der Waals surface area contributed by atoms with Gasteiger partial charge in [-0.25, -0.2) is 0 Å². The van der Waals surface area contributed by atoms with Crippen LogP contribution in [0.5, 0.6) is 5.75 Å². The summed E-state index contributed by atoms with van der Waals surface area (Å²) in [5, 5.41) is 9.97. The Morgan fingerprint density at radius 1 is 1.24 bits per heavy atom. The van der Waals surface area contributed by atoms with E-state index in [0.29, 0.717) is 17.9 Å². The summed E-state index contributed by atoms with van der Waals surface area (Å²) in [6.45, 7) is 0. The topological polar surface area (TPSA) is 46.5 Å². The van der Waals surface area contributed by atoms with Crippen molar-refractivity contribution in [1.82, 2.24) is 0 Å². The monoisotopic (exact) mass is 304 g/mol. The molecule has 0 aliphatic heterocycles. The van der Waals surface area contributed by atoms with Crippen molar-refractivity contribution in [3.63, 3.8) is 0 Å². The van der Waals surface area contributed by atoms with Gasteiger partial charge in [-0.2, -0.15) is 0 Å². The Hall–Kier alpha value is -2.00. The number of aryl methyl sites for hydroxylation is 1. The first-order chi connectivity index (χ1) is 10.1. The van der Waals surface area contributed by atoms with Gasteiger partial charge in [-0.1, -0.05) is 35.9 Å². The second-order valence-electron chi connectivity index (χ2n) is 4.83. The summed E-state index contributed by atoms with van der Waals surface area (Å²) in [6.07, 6.45) is 1.22. The van der Waals surface area contributed by atoms with E-state index in [2.05, 4.69) is 0 Å². The van der Waals surface area contributed by atoms with Crippen LogP contribution < -0.4 is 4.74 Å². The first kappa shape index (κ1) is 15.4. The lowest BCUT2D eigenvalue weighted by atomic mass is 9.92. The van der Waals surface area contributed by atoms with Crippen LogP contribution in [0, 0.1) is 0 Å². The predicted molar refractivity (Wildman–Crippen MR) is 83.1 cm³/mol. The van der Waals surface area contributed by atoms with Crippen LogP contribution in [0.4, 0.5) is 0 Å². The minimum Gasteiger partial charge on any atom is -0.497 e. The van der Waals surface area contributed by atoms with Crippen LogP contribution in [0.25, 0.3) is 0 Å². The van der Waals surface area contributed by atoms with Crippen LogP contribution in [0.15, 0.2) is 48.5 Å². The lowest BCUT2D eigenvalue weighted by Gasteiger charge is -2.13. The number of carbonyl (C=O) groups is 1. The van der Waals surface area contributed by atoms with E-state index in [1.165, 1.54) is 0 Å². The summed E-state index contributed by atoms with van der Waals surface area (Å²) in [4.78, 5) is 11.5. The summed E-state index contributed by atoms with van der Waals surface area (Å²) < 4.78 is 5.11. The average Bonchev–Trinajstić information content (AvgIpc) is 2.48. The van der Waals surface area contributed by atoms with Gasteiger partial charge in [0.2, 0.25) is 0 Å². The maximum absolute atomic E-state index is 11.5. The molecular formula is C17H17ClO3. The molecule has 1 unspecified atom stereocenters. The van der Waals surface area contributed by atoms with Gasteiger partial charge in [-0.15, -0.1) is 0 Å². The average molecular weight is 305 g/mol. The minimum atomic E-state index is -0.828. The second-order valence-corrected chi connectivity index (χ2v) is 5.27. The summed E-state index contributed by atoms with van der Waals surface area (Å²) in [7, 11) is 1.62. The Morgan fingerprint density at radius 3 is 2.52 bits per heavy atom. The Kier molecular flexibility index (Phi) is 5.23. The standard InChI is InChI=1S/C17H17ClO3/c1-21-15-8-5-12(6-9-15)7-10-16(17(19)20)13-3-2-4-14(18)11-13/h2-6,8-9,11,16H,7,10H2,1H3,(H,19,20). The number of aliphatic carboxylic acids is 1. The first-order valence-corrected chi connectivity index (χ1v) is 7.09. The molecule has 0 saturated carbocycles. The normalized spacial score (nSPS) is 11.9. The number of carboxylic acid groups (broad SMARTS) is 1. The van der Waals surface area contributed by atoms with E-state index in [-0.39, 0.29) is 0 Å². The van der Waals surface area contributed by atoms with E-state index < -0.39 is 11.9 Å². The Morgan fingerprint density at radius 2 is 1.95 bits per heavy atom. The van der Waals surface area contributed by atoms with Crippen LogP contribution in [-0.4, -0.2) is 18.2 Å². The summed E-state index contributed by atoms with van der Waals surface area (Å²) in [5.41, 5.74) is 1.83. The number of ether oxygens (including phenoxy) is 1. The van der Waals surface area contributed by atoms with Crippen molar-refractivity contribution >= 4 is 17.6 Å². The highest BCUT2D eigenvalue weighted by Crippen LogP contribution is 2.25. The Balaban J connectivity index is 2.08. The molecule has 0 aliphatic rings. The quantitative estimate of drug-likeness (QED) is 0.872. The van der Waals surface area contributed by atoms with Gasteiger partial charge in [0.15, 0.2) is 0 Å². The van der Waals surface area contributed by atoms with Crippen molar-refractivity contribution in [3.05, 3.63) is 64.7 Å². The third kappa shape index (κ3) is 4.23. The zero-order valence-corrected chi connectivity index (χ0v) is 12.5. The molecule has 2 aromatic rings. The van der Waals surface area contributed by atoms with Gasteiger partial charge in [0, 0.05) is 5.02 Å². The smallest absolute Gasteiger partial charge is 0.310 e. The molecule has 0 saturated heterocycles. The van der Waals surface area contributed by atoms with Crippen molar-refractivity contribution in [3.8, 4) is 5.75 Å². The fraction of sp³-hybridized carbons (Fsp3) is 0.235. The SMILES string of the molecule is COc1ccc(CCC(C(=O)O)c2cccc(Cl)c2)cc1. The van der Waals surface area contributed by atoms with Gasteiger partial charge >= 0.3 is 5.97 Å².